The quantitative estimate of drug-likeness (QED) is 0.264. The molecule has 1 heterocycles. The molecule has 7 nitrogen and oxygen atoms in total. The van der Waals surface area contributed by atoms with Crippen LogP contribution in [0.4, 0.5) is 0 Å². The maximum Gasteiger partial charge on any atom is 0.348 e. The van der Waals surface area contributed by atoms with Crippen LogP contribution >= 0.6 is 7.60 Å². The van der Waals surface area contributed by atoms with Crippen molar-refractivity contribution >= 4 is 15.4 Å². The van der Waals surface area contributed by atoms with E-state index in [1.165, 1.54) is 0 Å². The first-order valence-corrected chi connectivity index (χ1v) is 6.18. The number of hydrogen-bond acceptors (Lipinski definition) is 5. The van der Waals surface area contributed by atoms with E-state index in [0.29, 0.717) is 5.82 Å². The van der Waals surface area contributed by atoms with Gasteiger partial charge in [-0.05, 0) is 6.08 Å². The van der Waals surface area contributed by atoms with Crippen LogP contribution in [0.2, 0.25) is 0 Å². The number of ether oxygens (including phenoxy) is 2. The summed E-state index contributed by atoms with van der Waals surface area (Å²) in [5.41, 5.74) is 5.13. The summed E-state index contributed by atoms with van der Waals surface area (Å²) in [6, 6.07) is -0.884. The molecule has 1 rings (SSSR count). The van der Waals surface area contributed by atoms with E-state index >= 15 is 0 Å². The molecule has 4 atom stereocenters. The Kier molecular flexibility index (Phi) is 4.69. The fourth-order valence-corrected chi connectivity index (χ4v) is 1.78. The molecule has 0 spiro atoms. The van der Waals surface area contributed by atoms with Crippen LogP contribution in [-0.2, 0) is 14.0 Å². The molecular weight excluding hydrogens is 236 g/mol. The second-order valence-electron chi connectivity index (χ2n) is 3.28. The first-order chi connectivity index (χ1) is 7.35. The van der Waals surface area contributed by atoms with Gasteiger partial charge in [-0.3, -0.25) is 4.57 Å². The monoisotopic (exact) mass is 249 g/mol. The molecule has 0 bridgehead atoms. The van der Waals surface area contributed by atoms with Gasteiger partial charge in [0.1, 0.15) is 26.2 Å². The highest BCUT2D eigenvalue weighted by molar-refractivity contribution is 7.55. The lowest BCUT2D eigenvalue weighted by atomic mass is 9.93. The van der Waals surface area contributed by atoms with Crippen molar-refractivity contribution in [2.75, 3.05) is 6.73 Å². The second-order valence-corrected chi connectivity index (χ2v) is 4.76. The predicted molar refractivity (Wildman–Crippen MR) is 55.5 cm³/mol. The van der Waals surface area contributed by atoms with Gasteiger partial charge in [0.05, 0.1) is 6.73 Å². The van der Waals surface area contributed by atoms with Crippen molar-refractivity contribution in [3.8, 4) is 0 Å². The third kappa shape index (κ3) is 3.67. The molecule has 0 aliphatic carbocycles. The van der Waals surface area contributed by atoms with Crippen LogP contribution in [-0.4, -0.2) is 53.8 Å². The van der Waals surface area contributed by atoms with E-state index in [-0.39, 0.29) is 6.73 Å². The zero-order valence-corrected chi connectivity index (χ0v) is 9.23. The van der Waals surface area contributed by atoms with Crippen molar-refractivity contribution in [1.82, 2.24) is 0 Å². The van der Waals surface area contributed by atoms with Crippen molar-refractivity contribution in [2.24, 2.45) is 5.73 Å². The largest absolute Gasteiger partial charge is 0.387 e. The smallest absolute Gasteiger partial charge is 0.348 e. The molecule has 1 fully saturated rings. The summed E-state index contributed by atoms with van der Waals surface area (Å²) in [4.78, 5) is 17.2. The van der Waals surface area contributed by atoms with Gasteiger partial charge >= 0.3 is 7.60 Å². The molecule has 90 valence electrons. The third-order valence-electron chi connectivity index (χ3n) is 2.07. The van der Waals surface area contributed by atoms with Crippen molar-refractivity contribution in [2.45, 2.75) is 24.3 Å². The van der Waals surface area contributed by atoms with Crippen molar-refractivity contribution in [1.29, 1.82) is 0 Å². The molecule has 2 radical (unpaired) electrons. The summed E-state index contributed by atoms with van der Waals surface area (Å²) in [6.45, 7) is -0.131. The topological polar surface area (TPSA) is 122 Å². The Hall–Kier alpha value is -0.205. The molecular formula is C7H13BNO6P. The van der Waals surface area contributed by atoms with Crippen LogP contribution in [0.25, 0.3) is 0 Å². The molecule has 0 amide bonds. The van der Waals surface area contributed by atoms with Crippen LogP contribution < -0.4 is 5.73 Å². The normalized spacial score (nSPS) is 36.0. The molecule has 0 saturated carbocycles. The van der Waals surface area contributed by atoms with Gasteiger partial charge in [-0.2, -0.15) is 0 Å². The SMILES string of the molecule is [B][C@@H]1O[C@H](/C=C/P(=O)(O)O)[C@H](O)C1OCN. The highest BCUT2D eigenvalue weighted by atomic mass is 31.2. The Bertz CT molecular complexity index is 307. The number of nitrogens with two attached hydrogens (primary N) is 1. The Morgan fingerprint density at radius 3 is 2.69 bits per heavy atom. The Morgan fingerprint density at radius 1 is 1.56 bits per heavy atom. The summed E-state index contributed by atoms with van der Waals surface area (Å²) in [6.07, 6.45) is -1.78. The Balaban J connectivity index is 2.65. The van der Waals surface area contributed by atoms with Crippen molar-refractivity contribution in [3.05, 3.63) is 11.9 Å². The van der Waals surface area contributed by atoms with Gasteiger partial charge in [0, 0.05) is 11.8 Å². The van der Waals surface area contributed by atoms with Crippen molar-refractivity contribution in [3.63, 3.8) is 0 Å². The third-order valence-corrected chi connectivity index (χ3v) is 2.63. The molecule has 9 heteroatoms. The van der Waals surface area contributed by atoms with Gasteiger partial charge in [0.25, 0.3) is 0 Å². The second kappa shape index (κ2) is 5.42. The molecule has 0 aromatic rings. The Morgan fingerprint density at radius 2 is 2.19 bits per heavy atom. The number of hydrogen-bond donors (Lipinski definition) is 4. The van der Waals surface area contributed by atoms with Crippen LogP contribution in [0.15, 0.2) is 11.9 Å². The highest BCUT2D eigenvalue weighted by Crippen LogP contribution is 2.37. The molecule has 0 aromatic heterocycles. The zero-order chi connectivity index (χ0) is 12.3. The lowest BCUT2D eigenvalue weighted by molar-refractivity contribution is -0.0166. The fraction of sp³-hybridized carbons (Fsp3) is 0.714. The molecule has 1 aliphatic heterocycles. The molecule has 16 heavy (non-hydrogen) atoms. The first-order valence-electron chi connectivity index (χ1n) is 4.50. The first kappa shape index (κ1) is 13.9. The van der Waals surface area contributed by atoms with E-state index < -0.39 is 31.9 Å². The van der Waals surface area contributed by atoms with E-state index in [2.05, 4.69) is 0 Å². The summed E-state index contributed by atoms with van der Waals surface area (Å²) in [5, 5.41) is 9.66. The maximum atomic E-state index is 10.6. The lowest BCUT2D eigenvalue weighted by Gasteiger charge is -2.17. The van der Waals surface area contributed by atoms with Crippen LogP contribution in [0.3, 0.4) is 0 Å². The van der Waals surface area contributed by atoms with Gasteiger partial charge in [-0.25, -0.2) is 0 Å². The number of aliphatic hydroxyl groups is 1. The molecule has 1 aliphatic rings. The van der Waals surface area contributed by atoms with Gasteiger partial charge in [0.2, 0.25) is 0 Å². The molecule has 1 unspecified atom stereocenters. The lowest BCUT2D eigenvalue weighted by Crippen LogP contribution is -2.36. The minimum Gasteiger partial charge on any atom is -0.387 e. The van der Waals surface area contributed by atoms with Gasteiger partial charge in [0.15, 0.2) is 0 Å². The van der Waals surface area contributed by atoms with Gasteiger partial charge in [-0.15, -0.1) is 0 Å². The van der Waals surface area contributed by atoms with E-state index in [1.807, 2.05) is 0 Å². The van der Waals surface area contributed by atoms with Crippen molar-refractivity contribution < 1.29 is 28.9 Å². The summed E-state index contributed by atoms with van der Waals surface area (Å²) >= 11 is 0. The number of aliphatic hydroxyl groups excluding tert-OH is 1. The predicted octanol–water partition coefficient (Wildman–Crippen LogP) is -1.77. The summed E-state index contributed by atoms with van der Waals surface area (Å²) in [5.74, 6) is 0.651. The summed E-state index contributed by atoms with van der Waals surface area (Å²) in [7, 11) is 1.22. The average molecular weight is 249 g/mol. The van der Waals surface area contributed by atoms with E-state index in [0.717, 1.165) is 6.08 Å². The highest BCUT2D eigenvalue weighted by Gasteiger charge is 2.40. The average Bonchev–Trinajstić information content (AvgIpc) is 2.42. The van der Waals surface area contributed by atoms with E-state index in [4.69, 9.17) is 32.8 Å². The number of rotatable bonds is 4. The van der Waals surface area contributed by atoms with Gasteiger partial charge in [-0.1, -0.05) is 0 Å². The van der Waals surface area contributed by atoms with E-state index in [9.17, 15) is 9.67 Å². The molecule has 0 aromatic carbocycles. The van der Waals surface area contributed by atoms with Crippen LogP contribution in [0.5, 0.6) is 0 Å². The molecule has 1 saturated heterocycles. The minimum atomic E-state index is -4.28. The fourth-order valence-electron chi connectivity index (χ4n) is 1.38. The van der Waals surface area contributed by atoms with E-state index in [1.54, 1.807) is 0 Å². The maximum absolute atomic E-state index is 10.6. The Labute approximate surface area is 93.8 Å². The van der Waals surface area contributed by atoms with Crippen LogP contribution in [0.1, 0.15) is 0 Å². The standard InChI is InChI=1S/C7H13BNO6P/c8-7-6(14-3-9)5(10)4(15-7)1-2-16(11,12)13/h1-2,4-7,10H,3,9H2,(H2,11,12,13)/b2-1+/t4-,5+,6?,7-/m1/s1. The molecule has 5 N–H and O–H groups in total. The zero-order valence-electron chi connectivity index (χ0n) is 8.34. The summed E-state index contributed by atoms with van der Waals surface area (Å²) < 4.78 is 20.6. The van der Waals surface area contributed by atoms with Gasteiger partial charge < -0.3 is 30.1 Å². The minimum absolute atomic E-state index is 0.131. The van der Waals surface area contributed by atoms with Crippen LogP contribution in [0, 0.1) is 0 Å².